The second-order valence-electron chi connectivity index (χ2n) is 3.30. The molecule has 0 heterocycles. The molecule has 0 aromatic heterocycles. The Morgan fingerprint density at radius 2 is 2.00 bits per heavy atom. The molecule has 0 saturated heterocycles. The predicted octanol–water partition coefficient (Wildman–Crippen LogP) is -0.713. The second kappa shape index (κ2) is 6.12. The number of hydrogen-bond donors (Lipinski definition) is 5. The molecule has 0 radical (unpaired) electrons. The number of nitrogens with two attached hydrogens (primary N) is 2. The zero-order chi connectivity index (χ0) is 12.8. The van der Waals surface area contributed by atoms with E-state index in [4.69, 9.17) is 11.6 Å². The van der Waals surface area contributed by atoms with Crippen molar-refractivity contribution in [3.8, 4) is 0 Å². The molecule has 17 heavy (non-hydrogen) atoms. The van der Waals surface area contributed by atoms with Gasteiger partial charge in [-0.2, -0.15) is 12.6 Å². The quantitative estimate of drug-likeness (QED) is 0.161. The number of carbonyl (C=O) groups excluding carboxylic acids is 2. The van der Waals surface area contributed by atoms with Crippen molar-refractivity contribution < 1.29 is 9.59 Å². The summed E-state index contributed by atoms with van der Waals surface area (Å²) in [7, 11) is 0. The summed E-state index contributed by atoms with van der Waals surface area (Å²) in [5.74, 6) is 4.17. The highest BCUT2D eigenvalue weighted by Crippen LogP contribution is 2.10. The number of para-hydroxylation sites is 1. The Hall–Kier alpha value is -1.73. The molecule has 0 fully saturated rings. The number of thiol groups is 1. The van der Waals surface area contributed by atoms with E-state index < -0.39 is 17.9 Å². The Bertz CT molecular complexity index is 425. The zero-order valence-electron chi connectivity index (χ0n) is 9.01. The van der Waals surface area contributed by atoms with Gasteiger partial charge in [0.2, 0.25) is 0 Å². The molecule has 1 aromatic rings. The van der Waals surface area contributed by atoms with Crippen LogP contribution in [0, 0.1) is 0 Å². The van der Waals surface area contributed by atoms with Crippen molar-refractivity contribution >= 4 is 30.1 Å². The first-order valence-electron chi connectivity index (χ1n) is 4.86. The molecule has 1 rings (SSSR count). The molecular formula is C10H14N4O2S. The molecule has 0 aliphatic heterocycles. The molecule has 1 atom stereocenters. The smallest absolute Gasteiger partial charge is 0.257 e. The van der Waals surface area contributed by atoms with E-state index in [-0.39, 0.29) is 5.75 Å². The number of hydrazine groups is 1. The summed E-state index contributed by atoms with van der Waals surface area (Å²) in [5.41, 5.74) is 8.25. The van der Waals surface area contributed by atoms with Crippen LogP contribution in [0.1, 0.15) is 10.4 Å². The lowest BCUT2D eigenvalue weighted by Crippen LogP contribution is -2.50. The van der Waals surface area contributed by atoms with Gasteiger partial charge < -0.3 is 11.1 Å². The van der Waals surface area contributed by atoms with Gasteiger partial charge in [0.05, 0.1) is 5.56 Å². The fraction of sp³-hybridized carbons (Fsp3) is 0.200. The summed E-state index contributed by atoms with van der Waals surface area (Å²) in [6.45, 7) is 0. The van der Waals surface area contributed by atoms with Gasteiger partial charge in [-0.1, -0.05) is 12.1 Å². The van der Waals surface area contributed by atoms with Crippen LogP contribution in [0.3, 0.4) is 0 Å². The van der Waals surface area contributed by atoms with E-state index >= 15 is 0 Å². The molecule has 7 heteroatoms. The van der Waals surface area contributed by atoms with E-state index in [9.17, 15) is 9.59 Å². The molecule has 0 aliphatic rings. The molecular weight excluding hydrogens is 240 g/mol. The van der Waals surface area contributed by atoms with Crippen LogP contribution in [0.25, 0.3) is 0 Å². The normalized spacial score (nSPS) is 11.6. The van der Waals surface area contributed by atoms with Gasteiger partial charge in [0.15, 0.2) is 0 Å². The van der Waals surface area contributed by atoms with Crippen LogP contribution in [0.4, 0.5) is 5.69 Å². The highest BCUT2D eigenvalue weighted by atomic mass is 32.1. The number of nitrogen functional groups attached to an aromatic ring is 1. The maximum Gasteiger partial charge on any atom is 0.257 e. The van der Waals surface area contributed by atoms with Crippen molar-refractivity contribution in [2.75, 3.05) is 11.5 Å². The minimum Gasteiger partial charge on any atom is -0.398 e. The van der Waals surface area contributed by atoms with Crippen LogP contribution in [0.5, 0.6) is 0 Å². The van der Waals surface area contributed by atoms with E-state index in [1.165, 1.54) is 0 Å². The number of carbonyl (C=O) groups is 2. The number of anilines is 1. The van der Waals surface area contributed by atoms with E-state index in [0.29, 0.717) is 11.3 Å². The molecule has 92 valence electrons. The summed E-state index contributed by atoms with van der Waals surface area (Å²) in [6, 6.07) is 5.78. The van der Waals surface area contributed by atoms with Crippen LogP contribution < -0.4 is 22.3 Å². The predicted molar refractivity (Wildman–Crippen MR) is 68.3 cm³/mol. The number of hydrogen-bond acceptors (Lipinski definition) is 5. The molecule has 0 spiro atoms. The Labute approximate surface area is 104 Å². The Morgan fingerprint density at radius 1 is 1.35 bits per heavy atom. The number of rotatable bonds is 4. The van der Waals surface area contributed by atoms with E-state index in [2.05, 4.69) is 17.9 Å². The number of benzene rings is 1. The number of nitrogens with one attached hydrogen (secondary N) is 2. The van der Waals surface area contributed by atoms with Crippen molar-refractivity contribution in [1.82, 2.24) is 10.7 Å². The molecule has 6 N–H and O–H groups in total. The van der Waals surface area contributed by atoms with Gasteiger partial charge in [0, 0.05) is 11.4 Å². The minimum atomic E-state index is -0.796. The summed E-state index contributed by atoms with van der Waals surface area (Å²) in [5, 5.41) is 2.49. The zero-order valence-corrected chi connectivity index (χ0v) is 9.91. The third-order valence-corrected chi connectivity index (χ3v) is 2.52. The summed E-state index contributed by atoms with van der Waals surface area (Å²) in [6.07, 6.45) is 0. The van der Waals surface area contributed by atoms with Gasteiger partial charge >= 0.3 is 0 Å². The van der Waals surface area contributed by atoms with Crippen molar-refractivity contribution in [2.24, 2.45) is 5.84 Å². The first-order chi connectivity index (χ1) is 8.10. The van der Waals surface area contributed by atoms with Crippen LogP contribution in [-0.2, 0) is 4.79 Å². The maximum absolute atomic E-state index is 11.8. The van der Waals surface area contributed by atoms with Gasteiger partial charge in [-0.15, -0.1) is 0 Å². The third kappa shape index (κ3) is 3.36. The van der Waals surface area contributed by atoms with E-state index in [1.54, 1.807) is 24.3 Å². The topological polar surface area (TPSA) is 110 Å². The molecule has 6 nitrogen and oxygen atoms in total. The lowest BCUT2D eigenvalue weighted by Gasteiger charge is -2.15. The molecule has 0 aliphatic carbocycles. The fourth-order valence-corrected chi connectivity index (χ4v) is 1.49. The minimum absolute atomic E-state index is 0.140. The second-order valence-corrected chi connectivity index (χ2v) is 3.67. The van der Waals surface area contributed by atoms with Crippen LogP contribution in [0.15, 0.2) is 24.3 Å². The van der Waals surface area contributed by atoms with Gasteiger partial charge in [0.25, 0.3) is 11.8 Å². The Kier molecular flexibility index (Phi) is 4.80. The van der Waals surface area contributed by atoms with Crippen molar-refractivity contribution in [2.45, 2.75) is 6.04 Å². The highest BCUT2D eigenvalue weighted by molar-refractivity contribution is 7.80. The van der Waals surface area contributed by atoms with Gasteiger partial charge in [-0.05, 0) is 12.1 Å². The monoisotopic (exact) mass is 254 g/mol. The third-order valence-electron chi connectivity index (χ3n) is 2.15. The van der Waals surface area contributed by atoms with Gasteiger partial charge in [-0.3, -0.25) is 15.0 Å². The highest BCUT2D eigenvalue weighted by Gasteiger charge is 2.19. The van der Waals surface area contributed by atoms with Gasteiger partial charge in [-0.25, -0.2) is 5.84 Å². The average molecular weight is 254 g/mol. The standard InChI is InChI=1S/C10H14N4O2S/c11-7-4-2-1-3-6(7)9(15)13-8(5-17)10(16)14-12/h1-4,8,17H,5,11-12H2,(H,13,15)(H,14,16). The molecule has 0 bridgehead atoms. The van der Waals surface area contributed by atoms with E-state index in [1.807, 2.05) is 5.43 Å². The van der Waals surface area contributed by atoms with Crippen molar-refractivity contribution in [3.63, 3.8) is 0 Å². The lowest BCUT2D eigenvalue weighted by atomic mass is 10.1. The molecule has 1 unspecified atom stereocenters. The average Bonchev–Trinajstić information content (AvgIpc) is 2.35. The van der Waals surface area contributed by atoms with E-state index in [0.717, 1.165) is 0 Å². The Morgan fingerprint density at radius 3 is 2.53 bits per heavy atom. The SMILES string of the molecule is NNC(=O)C(CS)NC(=O)c1ccccc1N. The molecule has 1 aromatic carbocycles. The first-order valence-corrected chi connectivity index (χ1v) is 5.50. The van der Waals surface area contributed by atoms with Gasteiger partial charge in [0.1, 0.15) is 6.04 Å². The van der Waals surface area contributed by atoms with Crippen LogP contribution in [0.2, 0.25) is 0 Å². The maximum atomic E-state index is 11.8. The van der Waals surface area contributed by atoms with Crippen LogP contribution in [-0.4, -0.2) is 23.6 Å². The fourth-order valence-electron chi connectivity index (χ4n) is 1.23. The molecule has 2 amide bonds. The molecule has 0 saturated carbocycles. The Balaban J connectivity index is 2.78. The van der Waals surface area contributed by atoms with Crippen molar-refractivity contribution in [1.29, 1.82) is 0 Å². The summed E-state index contributed by atoms with van der Waals surface area (Å²) in [4.78, 5) is 23.1. The summed E-state index contributed by atoms with van der Waals surface area (Å²) < 4.78 is 0. The lowest BCUT2D eigenvalue weighted by molar-refractivity contribution is -0.122. The van der Waals surface area contributed by atoms with Crippen LogP contribution >= 0.6 is 12.6 Å². The largest absolute Gasteiger partial charge is 0.398 e. The summed E-state index contributed by atoms with van der Waals surface area (Å²) >= 11 is 3.96. The first kappa shape index (κ1) is 13.3. The number of amides is 2. The van der Waals surface area contributed by atoms with Crippen molar-refractivity contribution in [3.05, 3.63) is 29.8 Å².